The van der Waals surface area contributed by atoms with Crippen molar-refractivity contribution in [2.75, 3.05) is 26.7 Å². The molecule has 1 aromatic carbocycles. The number of aromatic nitrogens is 2. The Hall–Kier alpha value is -2.34. The van der Waals surface area contributed by atoms with Gasteiger partial charge in [-0.05, 0) is 75.0 Å². The number of piperidine rings is 2. The molecule has 6 heteroatoms. The van der Waals surface area contributed by atoms with Crippen molar-refractivity contribution in [2.45, 2.75) is 38.1 Å². The Bertz CT molecular complexity index is 769. The van der Waals surface area contributed by atoms with Crippen LogP contribution in [0.1, 0.15) is 42.6 Å². The average molecular weight is 368 g/mol. The first-order chi connectivity index (χ1) is 13.2. The van der Waals surface area contributed by atoms with E-state index in [4.69, 9.17) is 4.74 Å². The van der Waals surface area contributed by atoms with Crippen molar-refractivity contribution in [3.05, 3.63) is 36.0 Å². The van der Waals surface area contributed by atoms with Crippen molar-refractivity contribution in [1.82, 2.24) is 20.4 Å². The average Bonchev–Trinajstić information content (AvgIpc) is 3.22. The second-order valence-electron chi connectivity index (χ2n) is 7.61. The van der Waals surface area contributed by atoms with Gasteiger partial charge in [-0.25, -0.2) is 0 Å². The van der Waals surface area contributed by atoms with Crippen LogP contribution in [0, 0.1) is 5.92 Å². The lowest BCUT2D eigenvalue weighted by molar-refractivity contribution is 0.0575. The SMILES string of the molecule is COc1ccc(-c2cc(C(=O)NC[C@@H]3CCCN4CCCC[C@@H]34)[nH]n2)cc1. The number of carbonyl (C=O) groups excluding carboxylic acids is 1. The number of fused-ring (bicyclic) bond motifs is 1. The molecular weight excluding hydrogens is 340 g/mol. The Morgan fingerprint density at radius 2 is 2.04 bits per heavy atom. The zero-order valence-electron chi connectivity index (χ0n) is 15.9. The largest absolute Gasteiger partial charge is 0.497 e. The predicted molar refractivity (Wildman–Crippen MR) is 105 cm³/mol. The molecule has 2 aromatic rings. The van der Waals surface area contributed by atoms with Crippen molar-refractivity contribution < 1.29 is 9.53 Å². The van der Waals surface area contributed by atoms with E-state index < -0.39 is 0 Å². The first-order valence-electron chi connectivity index (χ1n) is 9.96. The number of benzene rings is 1. The summed E-state index contributed by atoms with van der Waals surface area (Å²) in [7, 11) is 1.64. The van der Waals surface area contributed by atoms with Crippen LogP contribution in [0.4, 0.5) is 0 Å². The van der Waals surface area contributed by atoms with Crippen LogP contribution in [0.25, 0.3) is 11.3 Å². The molecule has 2 N–H and O–H groups in total. The number of methoxy groups -OCH3 is 1. The normalized spacial score (nSPS) is 22.9. The quantitative estimate of drug-likeness (QED) is 0.851. The Kier molecular flexibility index (Phi) is 5.43. The zero-order valence-corrected chi connectivity index (χ0v) is 15.9. The number of rotatable bonds is 5. The van der Waals surface area contributed by atoms with E-state index in [1.54, 1.807) is 7.11 Å². The van der Waals surface area contributed by atoms with Gasteiger partial charge in [-0.15, -0.1) is 0 Å². The summed E-state index contributed by atoms with van der Waals surface area (Å²) in [5.41, 5.74) is 2.23. The standard InChI is InChI=1S/C21H28N4O2/c1-27-17-9-7-15(8-10-17)18-13-19(24-23-18)21(26)22-14-16-5-4-12-25-11-3-2-6-20(16)25/h7-10,13,16,20H,2-6,11-12,14H2,1H3,(H,22,26)(H,23,24)/t16-,20-/m0/s1. The lowest BCUT2D eigenvalue weighted by atomic mass is 9.83. The molecule has 0 aliphatic carbocycles. The molecule has 2 aliphatic rings. The Morgan fingerprint density at radius 3 is 2.85 bits per heavy atom. The summed E-state index contributed by atoms with van der Waals surface area (Å²) in [6.07, 6.45) is 6.35. The molecule has 2 atom stereocenters. The molecule has 0 radical (unpaired) electrons. The minimum Gasteiger partial charge on any atom is -0.497 e. The Balaban J connectivity index is 1.36. The Morgan fingerprint density at radius 1 is 1.22 bits per heavy atom. The fourth-order valence-electron chi connectivity index (χ4n) is 4.48. The summed E-state index contributed by atoms with van der Waals surface area (Å²) in [4.78, 5) is 15.2. The number of nitrogens with one attached hydrogen (secondary N) is 2. The van der Waals surface area contributed by atoms with E-state index in [1.165, 1.54) is 45.2 Å². The lowest BCUT2D eigenvalue weighted by Crippen LogP contribution is -2.51. The van der Waals surface area contributed by atoms with Gasteiger partial charge in [0.2, 0.25) is 0 Å². The van der Waals surface area contributed by atoms with Gasteiger partial charge in [-0.3, -0.25) is 9.89 Å². The third kappa shape index (κ3) is 4.00. The number of nitrogens with zero attached hydrogens (tertiary/aromatic N) is 2. The molecule has 144 valence electrons. The van der Waals surface area contributed by atoms with Crippen molar-refractivity contribution in [2.24, 2.45) is 5.92 Å². The van der Waals surface area contributed by atoms with Crippen molar-refractivity contribution in [3.63, 3.8) is 0 Å². The van der Waals surface area contributed by atoms with Gasteiger partial charge in [0.1, 0.15) is 11.4 Å². The predicted octanol–water partition coefficient (Wildman–Crippen LogP) is 3.08. The van der Waals surface area contributed by atoms with Crippen LogP contribution in [0.15, 0.2) is 30.3 Å². The van der Waals surface area contributed by atoms with Crippen LogP contribution < -0.4 is 10.1 Å². The molecule has 2 fully saturated rings. The second-order valence-corrected chi connectivity index (χ2v) is 7.61. The van der Waals surface area contributed by atoms with Crippen LogP contribution in [-0.4, -0.2) is 53.8 Å². The minimum atomic E-state index is -0.0739. The van der Waals surface area contributed by atoms with Gasteiger partial charge in [0.05, 0.1) is 12.8 Å². The van der Waals surface area contributed by atoms with Gasteiger partial charge in [-0.1, -0.05) is 6.42 Å². The smallest absolute Gasteiger partial charge is 0.269 e. The first-order valence-corrected chi connectivity index (χ1v) is 9.96. The number of aromatic amines is 1. The molecule has 3 heterocycles. The molecule has 27 heavy (non-hydrogen) atoms. The van der Waals surface area contributed by atoms with Crippen LogP contribution >= 0.6 is 0 Å². The van der Waals surface area contributed by atoms with Crippen LogP contribution in [0.3, 0.4) is 0 Å². The van der Waals surface area contributed by atoms with Gasteiger partial charge in [0.15, 0.2) is 0 Å². The fraction of sp³-hybridized carbons (Fsp3) is 0.524. The maximum absolute atomic E-state index is 12.6. The summed E-state index contributed by atoms with van der Waals surface area (Å²) in [5, 5.41) is 10.3. The molecule has 1 amide bonds. The van der Waals surface area contributed by atoms with E-state index in [9.17, 15) is 4.79 Å². The van der Waals surface area contributed by atoms with Gasteiger partial charge in [0, 0.05) is 18.2 Å². The zero-order chi connectivity index (χ0) is 18.6. The monoisotopic (exact) mass is 368 g/mol. The molecule has 2 aliphatic heterocycles. The molecule has 1 aromatic heterocycles. The summed E-state index contributed by atoms with van der Waals surface area (Å²) >= 11 is 0. The number of amides is 1. The van der Waals surface area contributed by atoms with Gasteiger partial charge in [0.25, 0.3) is 5.91 Å². The molecule has 0 saturated carbocycles. The number of H-pyrrole nitrogens is 1. The molecule has 2 saturated heterocycles. The summed E-state index contributed by atoms with van der Waals surface area (Å²) < 4.78 is 5.18. The highest BCUT2D eigenvalue weighted by Gasteiger charge is 2.33. The molecule has 0 bridgehead atoms. The van der Waals surface area contributed by atoms with E-state index in [0.717, 1.165) is 23.6 Å². The number of hydrogen-bond donors (Lipinski definition) is 2. The third-order valence-electron chi connectivity index (χ3n) is 5.96. The van der Waals surface area contributed by atoms with Crippen LogP contribution in [0.2, 0.25) is 0 Å². The topological polar surface area (TPSA) is 70.2 Å². The van der Waals surface area contributed by atoms with Crippen molar-refractivity contribution in [1.29, 1.82) is 0 Å². The molecular formula is C21H28N4O2. The second kappa shape index (κ2) is 8.13. The van der Waals surface area contributed by atoms with Crippen molar-refractivity contribution >= 4 is 5.91 Å². The maximum Gasteiger partial charge on any atom is 0.269 e. The molecule has 4 rings (SSSR count). The highest BCUT2D eigenvalue weighted by molar-refractivity contribution is 5.93. The van der Waals surface area contributed by atoms with Crippen molar-refractivity contribution in [3.8, 4) is 17.0 Å². The first kappa shape index (κ1) is 18.0. The highest BCUT2D eigenvalue weighted by Crippen LogP contribution is 2.30. The van der Waals surface area contributed by atoms with Gasteiger partial charge < -0.3 is 15.0 Å². The number of carbonyl (C=O) groups is 1. The number of hydrogen-bond acceptors (Lipinski definition) is 4. The number of ether oxygens (including phenoxy) is 1. The van der Waals surface area contributed by atoms with Gasteiger partial charge in [-0.2, -0.15) is 5.10 Å². The fourth-order valence-corrected chi connectivity index (χ4v) is 4.48. The van der Waals surface area contributed by atoms with E-state index in [-0.39, 0.29) is 5.91 Å². The van der Waals surface area contributed by atoms with E-state index in [1.807, 2.05) is 30.3 Å². The summed E-state index contributed by atoms with van der Waals surface area (Å²) in [6.45, 7) is 3.19. The van der Waals surface area contributed by atoms with E-state index in [2.05, 4.69) is 20.4 Å². The third-order valence-corrected chi connectivity index (χ3v) is 5.96. The Labute approximate surface area is 160 Å². The van der Waals surface area contributed by atoms with Gasteiger partial charge >= 0.3 is 0 Å². The minimum absolute atomic E-state index is 0.0739. The molecule has 6 nitrogen and oxygen atoms in total. The van der Waals surface area contributed by atoms with Crippen LogP contribution in [0.5, 0.6) is 5.75 Å². The molecule has 0 unspecified atom stereocenters. The highest BCUT2D eigenvalue weighted by atomic mass is 16.5. The lowest BCUT2D eigenvalue weighted by Gasteiger charge is -2.44. The van der Waals surface area contributed by atoms with Crippen LogP contribution in [-0.2, 0) is 0 Å². The molecule has 0 spiro atoms. The summed E-state index contributed by atoms with van der Waals surface area (Å²) in [5.74, 6) is 1.29. The van der Waals surface area contributed by atoms with E-state index in [0.29, 0.717) is 17.7 Å². The van der Waals surface area contributed by atoms with E-state index >= 15 is 0 Å². The summed E-state index contributed by atoms with van der Waals surface area (Å²) in [6, 6.07) is 10.1. The maximum atomic E-state index is 12.6.